The van der Waals surface area contributed by atoms with Crippen molar-refractivity contribution in [2.45, 2.75) is 251 Å². The van der Waals surface area contributed by atoms with Gasteiger partial charge in [0.2, 0.25) is 11.8 Å². The van der Waals surface area contributed by atoms with E-state index in [2.05, 4.69) is 73.1 Å². The van der Waals surface area contributed by atoms with Gasteiger partial charge < -0.3 is 25.6 Å². The number of ether oxygens (including phenoxy) is 1. The monoisotopic (exact) mass is 871 g/mol. The average molecular weight is 871 g/mol. The lowest BCUT2D eigenvalue weighted by atomic mass is 10.0. The molecule has 0 rings (SSSR count). The number of rotatable bonds is 46. The number of unbranched alkanes of at least 4 members (excludes halogenated alkanes) is 24. The molecule has 0 aliphatic carbocycles. The van der Waals surface area contributed by atoms with Gasteiger partial charge in [0.1, 0.15) is 12.1 Å². The molecular formula is C53H94N2O7. The summed E-state index contributed by atoms with van der Waals surface area (Å²) in [5.74, 6) is -2.29. The number of carbonyl (C=O) groups excluding carboxylic acids is 3. The van der Waals surface area contributed by atoms with Gasteiger partial charge in [-0.05, 0) is 77.0 Å². The lowest BCUT2D eigenvalue weighted by Gasteiger charge is -2.18. The van der Waals surface area contributed by atoms with E-state index in [1.165, 1.54) is 122 Å². The molecule has 0 heterocycles. The van der Waals surface area contributed by atoms with Gasteiger partial charge in [0.25, 0.3) is 0 Å². The molecule has 2 unspecified atom stereocenters. The van der Waals surface area contributed by atoms with Crippen LogP contribution in [0.15, 0.2) is 48.6 Å². The van der Waals surface area contributed by atoms with Crippen LogP contribution < -0.4 is 10.6 Å². The van der Waals surface area contributed by atoms with Crippen molar-refractivity contribution in [2.24, 2.45) is 0 Å². The number of nitrogens with one attached hydrogen (secondary N) is 2. The minimum absolute atomic E-state index is 0.0182. The van der Waals surface area contributed by atoms with Gasteiger partial charge in [0, 0.05) is 12.8 Å². The molecule has 4 N–H and O–H groups in total. The fourth-order valence-electron chi connectivity index (χ4n) is 7.47. The van der Waals surface area contributed by atoms with Crippen LogP contribution in [0.4, 0.5) is 0 Å². The van der Waals surface area contributed by atoms with Crippen LogP contribution in [-0.4, -0.2) is 59.3 Å². The molecule has 0 saturated carbocycles. The quantitative estimate of drug-likeness (QED) is 0.0271. The Hall–Kier alpha value is -3.20. The summed E-state index contributed by atoms with van der Waals surface area (Å²) < 4.78 is 6.07. The maximum atomic E-state index is 12.9. The SMILES string of the molecule is CC/C=C\C/C=C\C/C=C\C/C=C\CCCCCCCCCCC(=O)OC(CCCCCCCCCCCCCCC)CCCCCCCC(=O)NCC(=O)NC(CO)C(=O)O. The van der Waals surface area contributed by atoms with Gasteiger partial charge in [0.05, 0.1) is 13.2 Å². The van der Waals surface area contributed by atoms with E-state index in [1.54, 1.807) is 0 Å². The zero-order valence-electron chi connectivity index (χ0n) is 39.9. The minimum Gasteiger partial charge on any atom is -0.480 e. The van der Waals surface area contributed by atoms with Crippen LogP contribution in [-0.2, 0) is 23.9 Å². The fraction of sp³-hybridized carbons (Fsp3) is 0.774. The van der Waals surface area contributed by atoms with Gasteiger partial charge >= 0.3 is 11.9 Å². The maximum absolute atomic E-state index is 12.9. The van der Waals surface area contributed by atoms with Crippen molar-refractivity contribution < 1.29 is 34.1 Å². The molecule has 0 aliphatic rings. The molecule has 358 valence electrons. The highest BCUT2D eigenvalue weighted by Gasteiger charge is 2.19. The third kappa shape index (κ3) is 43.4. The van der Waals surface area contributed by atoms with Gasteiger partial charge in [-0.1, -0.05) is 197 Å². The summed E-state index contributed by atoms with van der Waals surface area (Å²) in [6, 6.07) is -1.38. The Balaban J connectivity index is 4.27. The molecule has 9 nitrogen and oxygen atoms in total. The fourth-order valence-corrected chi connectivity index (χ4v) is 7.47. The zero-order chi connectivity index (χ0) is 45.4. The van der Waals surface area contributed by atoms with E-state index in [-0.39, 0.29) is 24.5 Å². The van der Waals surface area contributed by atoms with Gasteiger partial charge in [-0.15, -0.1) is 0 Å². The average Bonchev–Trinajstić information content (AvgIpc) is 3.26. The summed E-state index contributed by atoms with van der Waals surface area (Å²) in [4.78, 5) is 47.8. The van der Waals surface area contributed by atoms with Gasteiger partial charge in [-0.3, -0.25) is 14.4 Å². The highest BCUT2D eigenvalue weighted by Crippen LogP contribution is 2.19. The number of hydrogen-bond donors (Lipinski definition) is 4. The third-order valence-corrected chi connectivity index (χ3v) is 11.3. The van der Waals surface area contributed by atoms with E-state index < -0.39 is 24.5 Å². The largest absolute Gasteiger partial charge is 0.480 e. The number of carbonyl (C=O) groups is 4. The minimum atomic E-state index is -1.38. The smallest absolute Gasteiger partial charge is 0.328 e. The van der Waals surface area contributed by atoms with E-state index in [0.717, 1.165) is 83.5 Å². The molecule has 62 heavy (non-hydrogen) atoms. The lowest BCUT2D eigenvalue weighted by Crippen LogP contribution is -2.47. The first kappa shape index (κ1) is 58.8. The molecule has 0 aromatic rings. The first-order valence-corrected chi connectivity index (χ1v) is 25.5. The van der Waals surface area contributed by atoms with Crippen molar-refractivity contribution >= 4 is 23.8 Å². The molecule has 0 saturated heterocycles. The number of carboxylic acid groups (broad SMARTS) is 1. The number of esters is 1. The van der Waals surface area contributed by atoms with Crippen LogP contribution in [0, 0.1) is 0 Å². The Labute approximate surface area is 379 Å². The molecular weight excluding hydrogens is 777 g/mol. The van der Waals surface area contributed by atoms with Crippen molar-refractivity contribution in [3.8, 4) is 0 Å². The summed E-state index contributed by atoms with van der Waals surface area (Å²) in [6.45, 7) is 3.39. The molecule has 0 bridgehead atoms. The Kier molecular flexibility index (Phi) is 44.8. The topological polar surface area (TPSA) is 142 Å². The lowest BCUT2D eigenvalue weighted by molar-refractivity contribution is -0.150. The first-order chi connectivity index (χ1) is 30.3. The third-order valence-electron chi connectivity index (χ3n) is 11.3. The number of aliphatic hydroxyl groups excluding tert-OH is 1. The summed E-state index contributed by atoms with van der Waals surface area (Å²) in [7, 11) is 0. The molecule has 0 radical (unpaired) electrons. The van der Waals surface area contributed by atoms with E-state index in [9.17, 15) is 19.2 Å². The normalized spacial score (nSPS) is 12.8. The molecule has 2 atom stereocenters. The van der Waals surface area contributed by atoms with Crippen LogP contribution >= 0.6 is 0 Å². The second-order valence-electron chi connectivity index (χ2n) is 17.2. The van der Waals surface area contributed by atoms with Crippen molar-refractivity contribution in [1.29, 1.82) is 0 Å². The van der Waals surface area contributed by atoms with Crippen LogP contribution in [0.2, 0.25) is 0 Å². The molecule has 0 aliphatic heterocycles. The van der Waals surface area contributed by atoms with E-state index in [4.69, 9.17) is 14.9 Å². The van der Waals surface area contributed by atoms with Crippen LogP contribution in [0.1, 0.15) is 239 Å². The molecule has 0 aromatic carbocycles. The van der Waals surface area contributed by atoms with Gasteiger partial charge in [-0.2, -0.15) is 0 Å². The van der Waals surface area contributed by atoms with Gasteiger partial charge in [0.15, 0.2) is 0 Å². The predicted molar refractivity (Wildman–Crippen MR) is 259 cm³/mol. The summed E-state index contributed by atoms with van der Waals surface area (Å²) in [6.07, 6.45) is 57.1. The van der Waals surface area contributed by atoms with Crippen LogP contribution in [0.3, 0.4) is 0 Å². The number of aliphatic carboxylic acids is 1. The molecule has 9 heteroatoms. The Morgan fingerprint density at radius 2 is 0.919 bits per heavy atom. The van der Waals surface area contributed by atoms with Gasteiger partial charge in [-0.25, -0.2) is 4.79 Å². The number of allylic oxidation sites excluding steroid dienone is 8. The molecule has 0 spiro atoms. The number of hydrogen-bond acceptors (Lipinski definition) is 6. The predicted octanol–water partition coefficient (Wildman–Crippen LogP) is 13.5. The maximum Gasteiger partial charge on any atom is 0.328 e. The Morgan fingerprint density at radius 3 is 1.39 bits per heavy atom. The summed E-state index contributed by atoms with van der Waals surface area (Å²) in [5, 5.41) is 22.6. The van der Waals surface area contributed by atoms with Crippen LogP contribution in [0.5, 0.6) is 0 Å². The highest BCUT2D eigenvalue weighted by atomic mass is 16.5. The first-order valence-electron chi connectivity index (χ1n) is 25.5. The highest BCUT2D eigenvalue weighted by molar-refractivity contribution is 5.87. The molecule has 0 fully saturated rings. The van der Waals surface area contributed by atoms with E-state index in [1.807, 2.05) is 0 Å². The van der Waals surface area contributed by atoms with E-state index in [0.29, 0.717) is 19.3 Å². The second kappa shape index (κ2) is 47.3. The Morgan fingerprint density at radius 1 is 0.500 bits per heavy atom. The van der Waals surface area contributed by atoms with Crippen molar-refractivity contribution in [3.05, 3.63) is 48.6 Å². The van der Waals surface area contributed by atoms with Crippen molar-refractivity contribution in [2.75, 3.05) is 13.2 Å². The van der Waals surface area contributed by atoms with Crippen molar-refractivity contribution in [3.63, 3.8) is 0 Å². The van der Waals surface area contributed by atoms with Crippen molar-refractivity contribution in [1.82, 2.24) is 10.6 Å². The number of carboxylic acids is 1. The number of amides is 2. The standard InChI is InChI=1S/C53H94N2O7/c1-3-5-7-9-11-13-15-17-18-19-20-21-22-23-24-26-28-30-32-37-41-45-52(59)62-48(42-38-34-31-29-27-25-16-14-12-10-8-6-4-2)43-39-35-33-36-40-44-50(57)54-46-51(58)55-49(47-56)53(60)61/h5,7,11,13,17-18,20-21,48-49,56H,3-4,6,8-10,12,14-16,19,22-47H2,1-2H3,(H,54,57)(H,55,58)(H,60,61)/b7-5-,13-11-,18-17-,21-20-. The zero-order valence-corrected chi connectivity index (χ0v) is 39.9. The van der Waals surface area contributed by atoms with Crippen LogP contribution in [0.25, 0.3) is 0 Å². The molecule has 2 amide bonds. The summed E-state index contributed by atoms with van der Waals surface area (Å²) in [5.41, 5.74) is 0. The summed E-state index contributed by atoms with van der Waals surface area (Å²) >= 11 is 0. The Bertz CT molecular complexity index is 1180. The molecule has 0 aromatic heterocycles. The van der Waals surface area contributed by atoms with E-state index >= 15 is 0 Å². The second-order valence-corrected chi connectivity index (χ2v) is 17.2. The number of aliphatic hydroxyl groups is 1.